The molecule has 0 heterocycles. The van der Waals surface area contributed by atoms with Crippen molar-refractivity contribution in [3.05, 3.63) is 11.6 Å². The Morgan fingerprint density at radius 1 is 0.963 bits per heavy atom. The summed E-state index contributed by atoms with van der Waals surface area (Å²) in [6, 6.07) is 0. The molecule has 4 aliphatic carbocycles. The quantitative estimate of drug-likeness (QED) is 0.426. The zero-order valence-electron chi connectivity index (χ0n) is 19.0. The highest BCUT2D eigenvalue weighted by Gasteiger charge is 2.59. The molecule has 0 spiro atoms. The van der Waals surface area contributed by atoms with Gasteiger partial charge in [-0.15, -0.1) is 0 Å². The van der Waals surface area contributed by atoms with Gasteiger partial charge in [-0.25, -0.2) is 0 Å². The van der Waals surface area contributed by atoms with Crippen molar-refractivity contribution in [3.63, 3.8) is 0 Å². The van der Waals surface area contributed by atoms with Gasteiger partial charge in [0, 0.05) is 0 Å². The smallest absolute Gasteiger partial charge is 0.00853 e. The van der Waals surface area contributed by atoms with E-state index in [0.29, 0.717) is 10.8 Å². The van der Waals surface area contributed by atoms with E-state index in [1.165, 1.54) is 70.6 Å². The van der Waals surface area contributed by atoms with Gasteiger partial charge in [-0.2, -0.15) is 0 Å². The molecule has 0 radical (unpaired) electrons. The maximum absolute atomic E-state index is 2.74. The van der Waals surface area contributed by atoms with Crippen molar-refractivity contribution in [1.82, 2.24) is 0 Å². The van der Waals surface area contributed by atoms with Gasteiger partial charge in [-0.3, -0.25) is 0 Å². The summed E-state index contributed by atoms with van der Waals surface area (Å²) in [5.74, 6) is 5.91. The van der Waals surface area contributed by atoms with E-state index in [1.807, 2.05) is 5.57 Å². The Morgan fingerprint density at radius 3 is 2.56 bits per heavy atom. The highest BCUT2D eigenvalue weighted by atomic mass is 14.6. The molecule has 27 heavy (non-hydrogen) atoms. The Bertz CT molecular complexity index is 556. The minimum absolute atomic E-state index is 0.573. The molecule has 0 nitrogen and oxygen atoms in total. The van der Waals surface area contributed by atoms with Crippen molar-refractivity contribution >= 4 is 0 Å². The van der Waals surface area contributed by atoms with Gasteiger partial charge in [-0.05, 0) is 104 Å². The highest BCUT2D eigenvalue weighted by Crippen LogP contribution is 2.67. The van der Waals surface area contributed by atoms with Crippen LogP contribution < -0.4 is 0 Å². The molecular formula is C27H46. The van der Waals surface area contributed by atoms with Crippen LogP contribution in [0.3, 0.4) is 0 Å². The predicted molar refractivity (Wildman–Crippen MR) is 118 cm³/mol. The van der Waals surface area contributed by atoms with Crippen LogP contribution in [-0.4, -0.2) is 0 Å². The third-order valence-electron chi connectivity index (χ3n) is 10.2. The predicted octanol–water partition coefficient (Wildman–Crippen LogP) is 8.42. The first kappa shape index (κ1) is 20.0. The van der Waals surface area contributed by atoms with E-state index < -0.39 is 0 Å². The normalized spacial score (nSPS) is 45.0. The lowest BCUT2D eigenvalue weighted by atomic mass is 9.46. The van der Waals surface area contributed by atoms with E-state index >= 15 is 0 Å². The second-order valence-corrected chi connectivity index (χ2v) is 12.0. The molecule has 0 N–H and O–H groups in total. The molecule has 0 amide bonds. The Labute approximate surface area is 170 Å². The Hall–Kier alpha value is -0.260. The fourth-order valence-corrected chi connectivity index (χ4v) is 8.78. The molecule has 0 aromatic rings. The largest absolute Gasteiger partial charge is 0.0848 e. The van der Waals surface area contributed by atoms with Crippen molar-refractivity contribution in [1.29, 1.82) is 0 Å². The van der Waals surface area contributed by atoms with E-state index in [0.717, 1.165) is 35.5 Å². The lowest BCUT2D eigenvalue weighted by Crippen LogP contribution is -2.50. The van der Waals surface area contributed by atoms with E-state index in [9.17, 15) is 0 Å². The van der Waals surface area contributed by atoms with Gasteiger partial charge < -0.3 is 0 Å². The van der Waals surface area contributed by atoms with Crippen LogP contribution in [0.4, 0.5) is 0 Å². The summed E-state index contributed by atoms with van der Waals surface area (Å²) in [5.41, 5.74) is 3.10. The lowest BCUT2D eigenvalue weighted by molar-refractivity contribution is -0.0592. The molecule has 0 aliphatic heterocycles. The van der Waals surface area contributed by atoms with Gasteiger partial charge in [0.25, 0.3) is 0 Å². The fraction of sp³-hybridized carbons (Fsp3) is 0.926. The summed E-state index contributed by atoms with van der Waals surface area (Å²) in [7, 11) is 0. The van der Waals surface area contributed by atoms with Crippen molar-refractivity contribution in [2.24, 2.45) is 46.3 Å². The highest BCUT2D eigenvalue weighted by molar-refractivity contribution is 5.23. The molecule has 3 fully saturated rings. The molecule has 3 saturated carbocycles. The number of allylic oxidation sites excluding steroid dienone is 2. The first-order valence-corrected chi connectivity index (χ1v) is 12.6. The monoisotopic (exact) mass is 370 g/mol. The summed E-state index contributed by atoms with van der Waals surface area (Å²) in [6.45, 7) is 12.8. The maximum atomic E-state index is 2.74. The van der Waals surface area contributed by atoms with Crippen molar-refractivity contribution in [2.75, 3.05) is 0 Å². The van der Waals surface area contributed by atoms with E-state index in [4.69, 9.17) is 0 Å². The second-order valence-electron chi connectivity index (χ2n) is 12.0. The second kappa shape index (κ2) is 7.53. The average molecular weight is 371 g/mol. The Kier molecular flexibility index (Phi) is 5.59. The minimum Gasteiger partial charge on any atom is -0.0848 e. The molecule has 0 aromatic carbocycles. The standard InChI is InChI=1S/C27H46/c1-19(2)9-8-10-20(3)23-14-15-24-22-13-12-21-11-6-7-17-26(21,4)25(22)16-18-27(23,24)5/h11,19-20,22-25H,6-10,12-18H2,1-5H3/t20-,22-,23+,24-,25-,26+,27-/m1/s1. The third kappa shape index (κ3) is 3.36. The Balaban J connectivity index is 1.48. The number of rotatable bonds is 5. The summed E-state index contributed by atoms with van der Waals surface area (Å²) in [5, 5.41) is 0. The lowest BCUT2D eigenvalue weighted by Gasteiger charge is -2.58. The number of fused-ring (bicyclic) bond motifs is 5. The summed E-state index contributed by atoms with van der Waals surface area (Å²) >= 11 is 0. The van der Waals surface area contributed by atoms with E-state index in [2.05, 4.69) is 40.7 Å². The van der Waals surface area contributed by atoms with Crippen molar-refractivity contribution < 1.29 is 0 Å². The maximum Gasteiger partial charge on any atom is -0.00853 e. The minimum atomic E-state index is 0.573. The van der Waals surface area contributed by atoms with Crippen LogP contribution in [0, 0.1) is 46.3 Å². The van der Waals surface area contributed by atoms with Gasteiger partial charge >= 0.3 is 0 Å². The first-order chi connectivity index (χ1) is 12.9. The molecule has 7 atom stereocenters. The van der Waals surface area contributed by atoms with Crippen LogP contribution in [0.5, 0.6) is 0 Å². The molecule has 4 rings (SSSR count). The molecule has 4 aliphatic rings. The molecule has 154 valence electrons. The topological polar surface area (TPSA) is 0 Å². The van der Waals surface area contributed by atoms with Gasteiger partial charge in [0.15, 0.2) is 0 Å². The third-order valence-corrected chi connectivity index (χ3v) is 10.2. The zero-order valence-corrected chi connectivity index (χ0v) is 19.0. The average Bonchev–Trinajstić information content (AvgIpc) is 2.98. The van der Waals surface area contributed by atoms with Crippen LogP contribution in [0.25, 0.3) is 0 Å². The summed E-state index contributed by atoms with van der Waals surface area (Å²) in [6.07, 6.45) is 20.4. The molecule has 0 bridgehead atoms. The van der Waals surface area contributed by atoms with E-state index in [1.54, 1.807) is 6.42 Å². The fourth-order valence-electron chi connectivity index (χ4n) is 8.78. The van der Waals surface area contributed by atoms with Crippen LogP contribution in [0.15, 0.2) is 11.6 Å². The molecule has 0 saturated heterocycles. The number of hydrogen-bond donors (Lipinski definition) is 0. The molecule has 0 aromatic heterocycles. The van der Waals surface area contributed by atoms with Crippen LogP contribution >= 0.6 is 0 Å². The van der Waals surface area contributed by atoms with Gasteiger partial charge in [0.05, 0.1) is 0 Å². The molecule has 0 heteroatoms. The molecule has 0 unspecified atom stereocenters. The van der Waals surface area contributed by atoms with Gasteiger partial charge in [0.2, 0.25) is 0 Å². The van der Waals surface area contributed by atoms with Crippen LogP contribution in [0.1, 0.15) is 112 Å². The Morgan fingerprint density at radius 2 is 1.78 bits per heavy atom. The number of hydrogen-bond acceptors (Lipinski definition) is 0. The zero-order chi connectivity index (χ0) is 19.2. The summed E-state index contributed by atoms with van der Waals surface area (Å²) < 4.78 is 0. The summed E-state index contributed by atoms with van der Waals surface area (Å²) in [4.78, 5) is 0. The first-order valence-electron chi connectivity index (χ1n) is 12.6. The van der Waals surface area contributed by atoms with Gasteiger partial charge in [-0.1, -0.05) is 65.5 Å². The van der Waals surface area contributed by atoms with E-state index in [-0.39, 0.29) is 0 Å². The van der Waals surface area contributed by atoms with Crippen molar-refractivity contribution in [3.8, 4) is 0 Å². The van der Waals surface area contributed by atoms with Gasteiger partial charge in [0.1, 0.15) is 0 Å². The SMILES string of the molecule is CC(C)CCC[C@@H](C)[C@@H]1CC[C@@H]2[C@H]3CCC4=CCCC[C@]4(C)[C@@H]3CC[C@@]21C. The van der Waals surface area contributed by atoms with Crippen molar-refractivity contribution in [2.45, 2.75) is 112 Å². The molecular weight excluding hydrogens is 324 g/mol. The van der Waals surface area contributed by atoms with Crippen LogP contribution in [0.2, 0.25) is 0 Å². The van der Waals surface area contributed by atoms with Crippen LogP contribution in [-0.2, 0) is 0 Å².